The van der Waals surface area contributed by atoms with Crippen molar-refractivity contribution in [1.29, 1.82) is 0 Å². The van der Waals surface area contributed by atoms with Crippen molar-refractivity contribution in [3.8, 4) is 0 Å². The molecule has 134 valence electrons. The van der Waals surface area contributed by atoms with E-state index in [1.54, 1.807) is 24.3 Å². The molecule has 0 radical (unpaired) electrons. The van der Waals surface area contributed by atoms with Gasteiger partial charge in [-0.05, 0) is 23.3 Å². The van der Waals surface area contributed by atoms with Crippen LogP contribution in [0.25, 0.3) is 0 Å². The van der Waals surface area contributed by atoms with Gasteiger partial charge in [0.2, 0.25) is 0 Å². The van der Waals surface area contributed by atoms with Crippen molar-refractivity contribution in [3.05, 3.63) is 70.7 Å². The van der Waals surface area contributed by atoms with Crippen LogP contribution in [-0.2, 0) is 22.4 Å². The van der Waals surface area contributed by atoms with Crippen LogP contribution in [0.3, 0.4) is 0 Å². The van der Waals surface area contributed by atoms with Crippen molar-refractivity contribution in [3.63, 3.8) is 0 Å². The number of hydrogen-bond acceptors (Lipinski definition) is 3. The van der Waals surface area contributed by atoms with Crippen LogP contribution in [0.1, 0.15) is 11.1 Å². The quantitative estimate of drug-likeness (QED) is 0.763. The number of amides is 3. The van der Waals surface area contributed by atoms with Gasteiger partial charge in [0, 0.05) is 17.9 Å². The number of nitrogens with zero attached hydrogens (tertiary/aromatic N) is 1. The normalized spacial score (nSPS) is 17.9. The number of imide groups is 1. The third-order valence-electron chi connectivity index (χ3n) is 4.27. The maximum Gasteiger partial charge on any atom is 0.327 e. The van der Waals surface area contributed by atoms with Gasteiger partial charge in [0.05, 0.1) is 0 Å². The van der Waals surface area contributed by atoms with E-state index in [1.807, 2.05) is 30.3 Å². The van der Waals surface area contributed by atoms with E-state index in [-0.39, 0.29) is 6.42 Å². The Morgan fingerprint density at radius 1 is 1.08 bits per heavy atom. The molecule has 0 bridgehead atoms. The molecule has 1 aliphatic rings. The van der Waals surface area contributed by atoms with Crippen LogP contribution in [-0.4, -0.2) is 40.0 Å². The fraction of sp³-hybridized carbons (Fsp3) is 0.211. The first kappa shape index (κ1) is 17.9. The SMILES string of the molecule is O=C(O)C(Cc1ccc(Cl)cc1)N1C(=O)NC(Cc2ccccc2)C1=O. The highest BCUT2D eigenvalue weighted by Gasteiger charge is 2.44. The van der Waals surface area contributed by atoms with Gasteiger partial charge in [-0.15, -0.1) is 0 Å². The molecular formula is C19H17ClN2O4. The van der Waals surface area contributed by atoms with Gasteiger partial charge >= 0.3 is 12.0 Å². The number of halogens is 1. The molecule has 2 atom stereocenters. The van der Waals surface area contributed by atoms with Gasteiger partial charge in [0.1, 0.15) is 12.1 Å². The molecule has 2 unspecified atom stereocenters. The molecule has 0 spiro atoms. The number of hydrogen-bond donors (Lipinski definition) is 2. The first-order valence-corrected chi connectivity index (χ1v) is 8.48. The van der Waals surface area contributed by atoms with E-state index >= 15 is 0 Å². The Morgan fingerprint density at radius 3 is 2.35 bits per heavy atom. The van der Waals surface area contributed by atoms with Crippen molar-refractivity contribution in [2.45, 2.75) is 24.9 Å². The molecule has 6 nitrogen and oxygen atoms in total. The molecule has 2 N–H and O–H groups in total. The van der Waals surface area contributed by atoms with Crippen LogP contribution in [0.15, 0.2) is 54.6 Å². The standard InChI is InChI=1S/C19H17ClN2O4/c20-14-8-6-13(7-9-14)11-16(18(24)25)22-17(23)15(21-19(22)26)10-12-4-2-1-3-5-12/h1-9,15-16H,10-11H2,(H,21,26)(H,24,25). The third kappa shape index (κ3) is 3.86. The number of carbonyl (C=O) groups is 3. The van der Waals surface area contributed by atoms with Gasteiger partial charge in [0.25, 0.3) is 5.91 Å². The number of carboxylic acid groups (broad SMARTS) is 1. The summed E-state index contributed by atoms with van der Waals surface area (Å²) in [4.78, 5) is 37.5. The first-order valence-electron chi connectivity index (χ1n) is 8.10. The molecule has 1 heterocycles. The van der Waals surface area contributed by atoms with Crippen molar-refractivity contribution in [2.75, 3.05) is 0 Å². The number of urea groups is 1. The third-order valence-corrected chi connectivity index (χ3v) is 4.53. The van der Waals surface area contributed by atoms with Crippen LogP contribution in [0.5, 0.6) is 0 Å². The first-order chi connectivity index (χ1) is 12.5. The number of aliphatic carboxylic acids is 1. The minimum atomic E-state index is -1.27. The van der Waals surface area contributed by atoms with Crippen molar-refractivity contribution in [2.24, 2.45) is 0 Å². The zero-order valence-electron chi connectivity index (χ0n) is 13.8. The van der Waals surface area contributed by atoms with Gasteiger partial charge in [-0.25, -0.2) is 14.5 Å². The van der Waals surface area contributed by atoms with Crippen molar-refractivity contribution >= 4 is 29.5 Å². The fourth-order valence-corrected chi connectivity index (χ4v) is 3.09. The van der Waals surface area contributed by atoms with Gasteiger partial charge < -0.3 is 10.4 Å². The predicted octanol–water partition coefficient (Wildman–Crippen LogP) is 2.50. The molecule has 1 saturated heterocycles. The summed E-state index contributed by atoms with van der Waals surface area (Å²) < 4.78 is 0. The lowest BCUT2D eigenvalue weighted by molar-refractivity contribution is -0.146. The Kier molecular flexibility index (Phi) is 5.23. The lowest BCUT2D eigenvalue weighted by atomic mass is 10.0. The lowest BCUT2D eigenvalue weighted by Gasteiger charge is -2.21. The minimum Gasteiger partial charge on any atom is -0.480 e. The van der Waals surface area contributed by atoms with E-state index in [0.717, 1.165) is 10.5 Å². The summed E-state index contributed by atoms with van der Waals surface area (Å²) in [5.74, 6) is -1.76. The molecule has 2 aromatic carbocycles. The average Bonchev–Trinajstić information content (AvgIpc) is 2.89. The summed E-state index contributed by atoms with van der Waals surface area (Å²) in [6.45, 7) is 0. The molecule has 26 heavy (non-hydrogen) atoms. The number of rotatable bonds is 6. The smallest absolute Gasteiger partial charge is 0.327 e. The van der Waals surface area contributed by atoms with Gasteiger partial charge in [-0.1, -0.05) is 54.1 Å². The molecule has 3 amide bonds. The van der Waals surface area contributed by atoms with E-state index in [1.165, 1.54) is 0 Å². The Hall–Kier alpha value is -2.86. The minimum absolute atomic E-state index is 0.0176. The van der Waals surface area contributed by atoms with Crippen molar-refractivity contribution < 1.29 is 19.5 Å². The van der Waals surface area contributed by atoms with Crippen LogP contribution < -0.4 is 5.32 Å². The van der Waals surface area contributed by atoms with Crippen LogP contribution >= 0.6 is 11.6 Å². The zero-order valence-corrected chi connectivity index (χ0v) is 14.5. The Morgan fingerprint density at radius 2 is 1.73 bits per heavy atom. The average molecular weight is 373 g/mol. The van der Waals surface area contributed by atoms with Crippen LogP contribution in [0, 0.1) is 0 Å². The van der Waals surface area contributed by atoms with Crippen molar-refractivity contribution in [1.82, 2.24) is 10.2 Å². The summed E-state index contributed by atoms with van der Waals surface area (Å²) in [7, 11) is 0. The second-order valence-electron chi connectivity index (χ2n) is 6.08. The predicted molar refractivity (Wildman–Crippen MR) is 95.9 cm³/mol. The van der Waals surface area contributed by atoms with Crippen LogP contribution in [0.4, 0.5) is 4.79 Å². The number of nitrogens with one attached hydrogen (secondary N) is 1. The number of benzene rings is 2. The molecule has 0 aliphatic carbocycles. The van der Waals surface area contributed by atoms with Gasteiger partial charge in [-0.2, -0.15) is 0 Å². The monoisotopic (exact) mass is 372 g/mol. The highest BCUT2D eigenvalue weighted by Crippen LogP contribution is 2.19. The topological polar surface area (TPSA) is 86.7 Å². The molecule has 7 heteroatoms. The molecule has 2 aromatic rings. The van der Waals surface area contributed by atoms with E-state index in [2.05, 4.69) is 5.32 Å². The molecule has 0 aromatic heterocycles. The Labute approximate surface area is 155 Å². The van der Waals surface area contributed by atoms with Gasteiger partial charge in [-0.3, -0.25) is 4.79 Å². The summed E-state index contributed by atoms with van der Waals surface area (Å²) in [6, 6.07) is 13.2. The molecule has 1 fully saturated rings. The summed E-state index contributed by atoms with van der Waals surface area (Å²) in [6.07, 6.45) is 0.332. The molecule has 1 aliphatic heterocycles. The van der Waals surface area contributed by atoms with E-state index in [9.17, 15) is 19.5 Å². The largest absolute Gasteiger partial charge is 0.480 e. The highest BCUT2D eigenvalue weighted by atomic mass is 35.5. The molecule has 3 rings (SSSR count). The molecule has 0 saturated carbocycles. The van der Waals surface area contributed by atoms with E-state index in [0.29, 0.717) is 17.0 Å². The zero-order chi connectivity index (χ0) is 18.7. The lowest BCUT2D eigenvalue weighted by Crippen LogP contribution is -2.47. The highest BCUT2D eigenvalue weighted by molar-refractivity contribution is 6.30. The van der Waals surface area contributed by atoms with Gasteiger partial charge in [0.15, 0.2) is 0 Å². The number of carboxylic acids is 1. The summed E-state index contributed by atoms with van der Waals surface area (Å²) in [5.41, 5.74) is 1.56. The second-order valence-corrected chi connectivity index (χ2v) is 6.52. The van der Waals surface area contributed by atoms with E-state index < -0.39 is 30.0 Å². The molecular weight excluding hydrogens is 356 g/mol. The van der Waals surface area contributed by atoms with Crippen LogP contribution in [0.2, 0.25) is 5.02 Å². The Bertz CT molecular complexity index is 823. The summed E-state index contributed by atoms with van der Waals surface area (Å²) in [5, 5.41) is 12.7. The fourth-order valence-electron chi connectivity index (χ4n) is 2.96. The number of carbonyl (C=O) groups excluding carboxylic acids is 2. The van der Waals surface area contributed by atoms with E-state index in [4.69, 9.17) is 11.6 Å². The summed E-state index contributed by atoms with van der Waals surface area (Å²) >= 11 is 5.84. The maximum atomic E-state index is 12.7. The maximum absolute atomic E-state index is 12.7. The Balaban J connectivity index is 1.78. The second kappa shape index (κ2) is 7.58.